The lowest BCUT2D eigenvalue weighted by molar-refractivity contribution is -0.132. The maximum Gasteiger partial charge on any atom is 0.243 e. The van der Waals surface area contributed by atoms with Gasteiger partial charge in [0, 0.05) is 39.0 Å². The molecule has 3 amide bonds. The number of phenols is 2. The third-order valence-corrected chi connectivity index (χ3v) is 7.22. The Morgan fingerprint density at radius 2 is 1.50 bits per heavy atom. The summed E-state index contributed by atoms with van der Waals surface area (Å²) in [5, 5.41) is 47.8. The molecule has 1 heterocycles. The number of hydrogen-bond donors (Lipinski definition) is 9. The number of fused-ring (bicyclic) bond motifs is 5. The molecule has 0 unspecified atom stereocenters. The molecule has 11 N–H and O–H groups in total. The number of hydrogen-bond acceptors (Lipinski definition) is 10. The monoisotopic (exact) mass is 586 g/mol. The number of phenolic OH excluding ortho intramolecular Hbond substituents is 2. The van der Waals surface area contributed by atoms with Gasteiger partial charge in [-0.1, -0.05) is 12.1 Å². The van der Waals surface area contributed by atoms with Crippen LogP contribution in [0.1, 0.15) is 24.0 Å². The normalized spacial score (nSPS) is 19.4. The first kappa shape index (κ1) is 32.8. The predicted octanol–water partition coefficient (Wildman–Crippen LogP) is -1.70. The molecule has 0 aromatic heterocycles. The van der Waals surface area contributed by atoms with Crippen LogP contribution in [0.25, 0.3) is 11.1 Å². The van der Waals surface area contributed by atoms with Crippen LogP contribution in [0.2, 0.25) is 0 Å². The largest absolute Gasteiger partial charge is 0.508 e. The number of carbonyl (C=O) groups is 3. The Hall–Kier alpha value is -3.75. The Bertz CT molecular complexity index is 1220. The van der Waals surface area contributed by atoms with Crippen molar-refractivity contribution >= 4 is 17.7 Å². The number of nitrogens with two attached hydrogens (primary N) is 2. The Morgan fingerprint density at radius 1 is 0.905 bits per heavy atom. The lowest BCUT2D eigenvalue weighted by atomic mass is 9.95. The summed E-state index contributed by atoms with van der Waals surface area (Å²) in [5.74, 6) is -1.82. The molecular formula is C29H42N6O7. The summed E-state index contributed by atoms with van der Waals surface area (Å²) in [6.07, 6.45) is 0.572. The topological polar surface area (TPSA) is 224 Å². The first-order valence-corrected chi connectivity index (χ1v) is 14.1. The van der Waals surface area contributed by atoms with E-state index < -0.39 is 35.8 Å². The fourth-order valence-electron chi connectivity index (χ4n) is 4.84. The Kier molecular flexibility index (Phi) is 12.5. The second kappa shape index (κ2) is 16.0. The SMILES string of the molecule is NCCC[C@@H]1NC(=O)[C@@H](N)Cc2cc(ccc2O)-c2ccc(O)c(c2)C[C@@H](C(=O)NCCN(CCO)CCO)NC1=O. The average molecular weight is 587 g/mol. The molecule has 0 spiro atoms. The van der Waals surface area contributed by atoms with E-state index in [1.165, 1.54) is 12.1 Å². The van der Waals surface area contributed by atoms with E-state index in [4.69, 9.17) is 11.5 Å². The fraction of sp³-hybridized carbons (Fsp3) is 0.483. The van der Waals surface area contributed by atoms with Crippen LogP contribution in [0, 0.1) is 0 Å². The lowest BCUT2D eigenvalue weighted by Gasteiger charge is -2.25. The minimum Gasteiger partial charge on any atom is -0.508 e. The van der Waals surface area contributed by atoms with Crippen molar-refractivity contribution in [1.29, 1.82) is 0 Å². The second-order valence-corrected chi connectivity index (χ2v) is 10.3. The molecule has 0 saturated carbocycles. The van der Waals surface area contributed by atoms with E-state index in [2.05, 4.69) is 16.0 Å². The number of aliphatic hydroxyl groups excluding tert-OH is 2. The van der Waals surface area contributed by atoms with Crippen molar-refractivity contribution < 1.29 is 34.8 Å². The average Bonchev–Trinajstić information content (AvgIpc) is 2.96. The highest BCUT2D eigenvalue weighted by atomic mass is 16.3. The number of amides is 3. The zero-order valence-electron chi connectivity index (χ0n) is 23.6. The summed E-state index contributed by atoms with van der Waals surface area (Å²) >= 11 is 0. The van der Waals surface area contributed by atoms with Gasteiger partial charge in [0.2, 0.25) is 17.7 Å². The van der Waals surface area contributed by atoms with E-state index in [0.717, 1.165) is 0 Å². The smallest absolute Gasteiger partial charge is 0.243 e. The highest BCUT2D eigenvalue weighted by Gasteiger charge is 2.29. The highest BCUT2D eigenvalue weighted by molar-refractivity contribution is 5.93. The van der Waals surface area contributed by atoms with Crippen molar-refractivity contribution in [2.75, 3.05) is 45.9 Å². The zero-order valence-corrected chi connectivity index (χ0v) is 23.6. The highest BCUT2D eigenvalue weighted by Crippen LogP contribution is 2.30. The fourth-order valence-corrected chi connectivity index (χ4v) is 4.84. The van der Waals surface area contributed by atoms with E-state index in [0.29, 0.717) is 48.3 Å². The van der Waals surface area contributed by atoms with Crippen molar-refractivity contribution in [2.24, 2.45) is 11.5 Å². The van der Waals surface area contributed by atoms with Gasteiger partial charge in [0.05, 0.1) is 19.3 Å². The number of aromatic hydroxyl groups is 2. The molecule has 2 aromatic carbocycles. The summed E-state index contributed by atoms with van der Waals surface area (Å²) in [7, 11) is 0. The van der Waals surface area contributed by atoms with Gasteiger partial charge in [0.1, 0.15) is 23.6 Å². The van der Waals surface area contributed by atoms with Crippen LogP contribution in [0.5, 0.6) is 11.5 Å². The predicted molar refractivity (Wildman–Crippen MR) is 156 cm³/mol. The van der Waals surface area contributed by atoms with Crippen molar-refractivity contribution in [3.8, 4) is 22.6 Å². The van der Waals surface area contributed by atoms with Crippen molar-refractivity contribution in [2.45, 2.75) is 43.8 Å². The molecule has 0 saturated heterocycles. The molecular weight excluding hydrogens is 544 g/mol. The Morgan fingerprint density at radius 3 is 2.07 bits per heavy atom. The van der Waals surface area contributed by atoms with Gasteiger partial charge in [-0.05, 0) is 65.9 Å². The van der Waals surface area contributed by atoms with Crippen LogP contribution in [0.4, 0.5) is 0 Å². The molecule has 0 radical (unpaired) electrons. The number of nitrogens with zero attached hydrogens (tertiary/aromatic N) is 1. The summed E-state index contributed by atoms with van der Waals surface area (Å²) in [4.78, 5) is 41.6. The molecule has 42 heavy (non-hydrogen) atoms. The quantitative estimate of drug-likeness (QED) is 0.145. The standard InChI is InChI=1S/C29H42N6O7/c30-7-1-2-23-29(42)34-24(28(41)32-8-9-35(10-12-36)11-13-37)17-21-15-19(4-6-26(21)39)18-3-5-25(38)20(14-18)16-22(31)27(40)33-23/h3-6,14-15,22-24,36-39H,1-2,7-13,16-17,30-31H2,(H,32,41)(H,33,40)(H,34,42)/t22-,23-,24-/m0/s1. The first-order valence-electron chi connectivity index (χ1n) is 14.1. The van der Waals surface area contributed by atoms with Crippen molar-refractivity contribution in [3.05, 3.63) is 47.5 Å². The molecule has 0 fully saturated rings. The molecule has 3 atom stereocenters. The molecule has 1 aliphatic heterocycles. The van der Waals surface area contributed by atoms with Gasteiger partial charge in [0.15, 0.2) is 0 Å². The van der Waals surface area contributed by atoms with E-state index in [1.54, 1.807) is 29.2 Å². The van der Waals surface area contributed by atoms with Crippen LogP contribution in [-0.2, 0) is 27.2 Å². The van der Waals surface area contributed by atoms with Crippen LogP contribution >= 0.6 is 0 Å². The molecule has 1 aliphatic rings. The zero-order chi connectivity index (χ0) is 30.6. The summed E-state index contributed by atoms with van der Waals surface area (Å²) in [6.45, 7) is 1.23. The maximum atomic E-state index is 13.4. The minimum atomic E-state index is -1.12. The molecule has 0 aliphatic carbocycles. The maximum absolute atomic E-state index is 13.4. The van der Waals surface area contributed by atoms with Crippen LogP contribution in [0.15, 0.2) is 36.4 Å². The number of rotatable bonds is 11. The third-order valence-electron chi connectivity index (χ3n) is 7.22. The van der Waals surface area contributed by atoms with Gasteiger partial charge in [-0.2, -0.15) is 0 Å². The van der Waals surface area contributed by atoms with Crippen LogP contribution < -0.4 is 27.4 Å². The molecule has 13 nitrogen and oxygen atoms in total. The van der Waals surface area contributed by atoms with Gasteiger partial charge < -0.3 is 47.8 Å². The van der Waals surface area contributed by atoms with Crippen molar-refractivity contribution in [3.63, 3.8) is 0 Å². The van der Waals surface area contributed by atoms with E-state index in [9.17, 15) is 34.8 Å². The summed E-state index contributed by atoms with van der Waals surface area (Å²) in [5.41, 5.74) is 14.1. The Labute approximate surface area is 244 Å². The van der Waals surface area contributed by atoms with Gasteiger partial charge >= 0.3 is 0 Å². The van der Waals surface area contributed by atoms with Gasteiger partial charge in [-0.3, -0.25) is 19.3 Å². The number of carbonyl (C=O) groups excluding carboxylic acids is 3. The molecule has 230 valence electrons. The first-order chi connectivity index (χ1) is 20.2. The minimum absolute atomic E-state index is 0.0102. The van der Waals surface area contributed by atoms with Gasteiger partial charge in [0.25, 0.3) is 0 Å². The molecule has 2 aromatic rings. The van der Waals surface area contributed by atoms with E-state index in [1.807, 2.05) is 0 Å². The van der Waals surface area contributed by atoms with Gasteiger partial charge in [-0.25, -0.2) is 0 Å². The molecule has 13 heteroatoms. The van der Waals surface area contributed by atoms with E-state index >= 15 is 0 Å². The lowest BCUT2D eigenvalue weighted by Crippen LogP contribution is -2.56. The van der Waals surface area contributed by atoms with Crippen LogP contribution in [-0.4, -0.2) is 107 Å². The van der Waals surface area contributed by atoms with E-state index in [-0.39, 0.29) is 57.1 Å². The van der Waals surface area contributed by atoms with Gasteiger partial charge in [-0.15, -0.1) is 0 Å². The number of benzene rings is 2. The molecule has 4 bridgehead atoms. The Balaban J connectivity index is 1.97. The number of nitrogens with one attached hydrogen (secondary N) is 3. The number of aliphatic hydroxyl groups is 2. The summed E-state index contributed by atoms with van der Waals surface area (Å²) in [6, 6.07) is 6.58. The summed E-state index contributed by atoms with van der Waals surface area (Å²) < 4.78 is 0. The van der Waals surface area contributed by atoms with Crippen molar-refractivity contribution in [1.82, 2.24) is 20.9 Å². The van der Waals surface area contributed by atoms with Crippen LogP contribution in [0.3, 0.4) is 0 Å². The third kappa shape index (κ3) is 9.13. The second-order valence-electron chi connectivity index (χ2n) is 10.3. The molecule has 3 rings (SSSR count).